The molecule has 0 radical (unpaired) electrons. The van der Waals surface area contributed by atoms with Crippen molar-refractivity contribution in [3.05, 3.63) is 35.9 Å². The van der Waals surface area contributed by atoms with Crippen LogP contribution in [0.4, 0.5) is 0 Å². The van der Waals surface area contributed by atoms with E-state index in [1.807, 2.05) is 6.07 Å². The molecule has 15 heavy (non-hydrogen) atoms. The molecule has 2 N–H and O–H groups in total. The summed E-state index contributed by atoms with van der Waals surface area (Å²) in [5.41, 5.74) is 5.73. The van der Waals surface area contributed by atoms with Crippen molar-refractivity contribution in [3.8, 4) is 0 Å². The van der Waals surface area contributed by atoms with Gasteiger partial charge in [-0.25, -0.2) is 4.79 Å². The fraction of sp³-hybridized carbons (Fsp3) is 0.417. The molecule has 0 aromatic heterocycles. The lowest BCUT2D eigenvalue weighted by Gasteiger charge is -1.95. The molecule has 0 heterocycles. The molecular formula is C12H19NO2. The average Bonchev–Trinajstić information content (AvgIpc) is 2.31. The number of hydrogen-bond acceptors (Lipinski definition) is 3. The molecule has 0 saturated heterocycles. The van der Waals surface area contributed by atoms with Crippen molar-refractivity contribution in [3.63, 3.8) is 0 Å². The van der Waals surface area contributed by atoms with Crippen molar-refractivity contribution in [1.29, 1.82) is 0 Å². The van der Waals surface area contributed by atoms with Crippen LogP contribution in [0, 0.1) is 0 Å². The molecule has 1 aromatic carbocycles. The fourth-order valence-electron chi connectivity index (χ4n) is 0.896. The Hall–Kier alpha value is -1.35. The molecule has 0 unspecified atom stereocenters. The van der Waals surface area contributed by atoms with Gasteiger partial charge < -0.3 is 10.5 Å². The van der Waals surface area contributed by atoms with Gasteiger partial charge in [0.25, 0.3) is 0 Å². The third-order valence-electron chi connectivity index (χ3n) is 1.75. The molecule has 0 bridgehead atoms. The van der Waals surface area contributed by atoms with E-state index in [2.05, 4.69) is 11.7 Å². The van der Waals surface area contributed by atoms with Crippen LogP contribution in [0.1, 0.15) is 30.1 Å². The number of carbonyl (C=O) groups is 1. The fourth-order valence-corrected chi connectivity index (χ4v) is 0.896. The lowest BCUT2D eigenvalue weighted by molar-refractivity contribution is 0.0601. The number of ether oxygens (including phenoxy) is 1. The molecule has 0 saturated carbocycles. The summed E-state index contributed by atoms with van der Waals surface area (Å²) in [6.45, 7) is 2.98. The predicted molar refractivity (Wildman–Crippen MR) is 61.7 cm³/mol. The van der Waals surface area contributed by atoms with Gasteiger partial charge in [-0.2, -0.15) is 0 Å². The summed E-state index contributed by atoms with van der Waals surface area (Å²) in [7, 11) is 1.37. The van der Waals surface area contributed by atoms with E-state index < -0.39 is 0 Å². The number of carbonyl (C=O) groups excluding carboxylic acids is 1. The van der Waals surface area contributed by atoms with Crippen molar-refractivity contribution in [2.24, 2.45) is 5.73 Å². The van der Waals surface area contributed by atoms with E-state index in [9.17, 15) is 4.79 Å². The molecular weight excluding hydrogens is 190 g/mol. The maximum atomic E-state index is 10.8. The first-order chi connectivity index (χ1) is 7.26. The molecule has 1 aromatic rings. The van der Waals surface area contributed by atoms with E-state index in [0.717, 1.165) is 6.54 Å². The normalized spacial score (nSPS) is 8.73. The van der Waals surface area contributed by atoms with E-state index >= 15 is 0 Å². The first-order valence-corrected chi connectivity index (χ1v) is 5.09. The van der Waals surface area contributed by atoms with Gasteiger partial charge in [0.1, 0.15) is 0 Å². The Morgan fingerprint density at radius 3 is 2.27 bits per heavy atom. The van der Waals surface area contributed by atoms with Crippen LogP contribution in [0.25, 0.3) is 0 Å². The van der Waals surface area contributed by atoms with Crippen LogP contribution < -0.4 is 5.73 Å². The van der Waals surface area contributed by atoms with E-state index in [4.69, 9.17) is 5.73 Å². The lowest BCUT2D eigenvalue weighted by atomic mass is 10.2. The number of esters is 1. The highest BCUT2D eigenvalue weighted by Gasteiger charge is 2.00. The van der Waals surface area contributed by atoms with Crippen LogP contribution >= 0.6 is 0 Å². The molecule has 0 aliphatic rings. The van der Waals surface area contributed by atoms with Crippen LogP contribution in [-0.2, 0) is 4.74 Å². The largest absolute Gasteiger partial charge is 0.465 e. The summed E-state index contributed by atoms with van der Waals surface area (Å²) >= 11 is 0. The number of hydrogen-bond donors (Lipinski definition) is 1. The molecule has 0 fully saturated rings. The SMILES string of the molecule is CCCCN.COC(=O)c1ccccc1. The van der Waals surface area contributed by atoms with Gasteiger partial charge >= 0.3 is 5.97 Å². The van der Waals surface area contributed by atoms with Crippen molar-refractivity contribution in [2.75, 3.05) is 13.7 Å². The number of benzene rings is 1. The molecule has 0 spiro atoms. The van der Waals surface area contributed by atoms with E-state index in [0.29, 0.717) is 5.56 Å². The highest BCUT2D eigenvalue weighted by Crippen LogP contribution is 1.98. The van der Waals surface area contributed by atoms with Crippen LogP contribution in [0.15, 0.2) is 30.3 Å². The van der Waals surface area contributed by atoms with Crippen molar-refractivity contribution < 1.29 is 9.53 Å². The zero-order valence-corrected chi connectivity index (χ0v) is 9.40. The van der Waals surface area contributed by atoms with E-state index in [-0.39, 0.29) is 5.97 Å². The Morgan fingerprint density at radius 2 is 1.93 bits per heavy atom. The molecule has 0 amide bonds. The third kappa shape index (κ3) is 6.69. The molecule has 0 aliphatic heterocycles. The number of methoxy groups -OCH3 is 1. The second-order valence-electron chi connectivity index (χ2n) is 3.00. The minimum absolute atomic E-state index is 0.291. The summed E-state index contributed by atoms with van der Waals surface area (Å²) in [6, 6.07) is 8.88. The Morgan fingerprint density at radius 1 is 1.33 bits per heavy atom. The van der Waals surface area contributed by atoms with Crippen LogP contribution in [0.2, 0.25) is 0 Å². The van der Waals surface area contributed by atoms with Crippen molar-refractivity contribution >= 4 is 5.97 Å². The number of unbranched alkanes of at least 4 members (excludes halogenated alkanes) is 1. The van der Waals surface area contributed by atoms with Gasteiger partial charge in [-0.3, -0.25) is 0 Å². The second kappa shape index (κ2) is 9.21. The van der Waals surface area contributed by atoms with Gasteiger partial charge in [-0.05, 0) is 25.1 Å². The standard InChI is InChI=1S/C8H8O2.C4H11N/c1-10-8(9)7-5-3-2-4-6-7;1-2-3-4-5/h2-6H,1H3;2-5H2,1H3. The van der Waals surface area contributed by atoms with Crippen molar-refractivity contribution in [1.82, 2.24) is 0 Å². The van der Waals surface area contributed by atoms with Gasteiger partial charge in [0.2, 0.25) is 0 Å². The Bertz CT molecular complexity index is 258. The Kier molecular flexibility index (Phi) is 8.39. The molecule has 1 rings (SSSR count). The smallest absolute Gasteiger partial charge is 0.337 e. The second-order valence-corrected chi connectivity index (χ2v) is 3.00. The van der Waals surface area contributed by atoms with Gasteiger partial charge in [-0.15, -0.1) is 0 Å². The van der Waals surface area contributed by atoms with Gasteiger partial charge in [0, 0.05) is 0 Å². The highest BCUT2D eigenvalue weighted by atomic mass is 16.5. The van der Waals surface area contributed by atoms with Gasteiger partial charge in [-0.1, -0.05) is 31.5 Å². The summed E-state index contributed by atoms with van der Waals surface area (Å²) in [5, 5.41) is 0. The lowest BCUT2D eigenvalue weighted by Crippen LogP contribution is -1.99. The minimum atomic E-state index is -0.291. The average molecular weight is 209 g/mol. The topological polar surface area (TPSA) is 52.3 Å². The first-order valence-electron chi connectivity index (χ1n) is 5.09. The Balaban J connectivity index is 0.000000336. The number of rotatable bonds is 3. The van der Waals surface area contributed by atoms with E-state index in [1.165, 1.54) is 20.0 Å². The zero-order valence-electron chi connectivity index (χ0n) is 9.40. The van der Waals surface area contributed by atoms with Crippen LogP contribution in [0.5, 0.6) is 0 Å². The molecule has 3 nitrogen and oxygen atoms in total. The predicted octanol–water partition coefficient (Wildman–Crippen LogP) is 2.22. The minimum Gasteiger partial charge on any atom is -0.465 e. The molecule has 0 aliphatic carbocycles. The van der Waals surface area contributed by atoms with E-state index in [1.54, 1.807) is 24.3 Å². The zero-order chi connectivity index (χ0) is 11.5. The summed E-state index contributed by atoms with van der Waals surface area (Å²) < 4.78 is 4.50. The molecule has 0 atom stereocenters. The molecule has 84 valence electrons. The van der Waals surface area contributed by atoms with Crippen LogP contribution in [-0.4, -0.2) is 19.6 Å². The summed E-state index contributed by atoms with van der Waals surface area (Å²) in [4.78, 5) is 10.8. The van der Waals surface area contributed by atoms with Crippen LogP contribution in [0.3, 0.4) is 0 Å². The van der Waals surface area contributed by atoms with Gasteiger partial charge in [0.15, 0.2) is 0 Å². The Labute approximate surface area is 91.2 Å². The first kappa shape index (κ1) is 13.7. The quantitative estimate of drug-likeness (QED) is 0.776. The monoisotopic (exact) mass is 209 g/mol. The van der Waals surface area contributed by atoms with Gasteiger partial charge in [0.05, 0.1) is 12.7 Å². The third-order valence-corrected chi connectivity index (χ3v) is 1.75. The highest BCUT2D eigenvalue weighted by molar-refractivity contribution is 5.89. The summed E-state index contributed by atoms with van der Waals surface area (Å²) in [5.74, 6) is -0.291. The summed E-state index contributed by atoms with van der Waals surface area (Å²) in [6.07, 6.45) is 2.39. The van der Waals surface area contributed by atoms with Crippen molar-refractivity contribution in [2.45, 2.75) is 19.8 Å². The maximum Gasteiger partial charge on any atom is 0.337 e. The number of nitrogens with two attached hydrogens (primary N) is 1. The molecule has 3 heteroatoms. The maximum absolute atomic E-state index is 10.8.